The summed E-state index contributed by atoms with van der Waals surface area (Å²) in [6.45, 7) is 7.88. The first-order chi connectivity index (χ1) is 8.60. The Morgan fingerprint density at radius 3 is 2.16 bits per heavy atom. The minimum absolute atomic E-state index is 0.172. The highest BCUT2D eigenvalue weighted by molar-refractivity contribution is 5.84. The van der Waals surface area contributed by atoms with Gasteiger partial charge in [0.25, 0.3) is 0 Å². The highest BCUT2D eigenvalue weighted by Gasteiger charge is 2.33. The first-order valence-electron chi connectivity index (χ1n) is 6.08. The van der Waals surface area contributed by atoms with Crippen LogP contribution in [-0.2, 0) is 11.6 Å². The van der Waals surface area contributed by atoms with Crippen LogP contribution in [0.25, 0.3) is 10.9 Å². The molecule has 0 aliphatic heterocycles. The number of fused-ring (bicyclic) bond motifs is 1. The third kappa shape index (κ3) is 2.57. The molecule has 1 aromatic carbocycles. The maximum atomic E-state index is 13.0. The first-order valence-corrected chi connectivity index (χ1v) is 6.08. The standard InChI is InChI=1S/C15H16F3N/c1-9-7-13-10(8-12(9)14(2,3)4)11(5-6-19-13)15(16,17)18/h5-8H,1-4H3. The van der Waals surface area contributed by atoms with E-state index in [0.717, 1.165) is 17.2 Å². The van der Waals surface area contributed by atoms with Crippen LogP contribution in [-0.4, -0.2) is 4.98 Å². The number of rotatable bonds is 0. The molecule has 0 aliphatic carbocycles. The molecule has 2 aromatic rings. The van der Waals surface area contributed by atoms with Crippen molar-refractivity contribution in [2.24, 2.45) is 0 Å². The highest BCUT2D eigenvalue weighted by Crippen LogP contribution is 2.37. The predicted octanol–water partition coefficient (Wildman–Crippen LogP) is 4.86. The summed E-state index contributed by atoms with van der Waals surface area (Å²) in [5.74, 6) is 0. The molecule has 19 heavy (non-hydrogen) atoms. The summed E-state index contributed by atoms with van der Waals surface area (Å²) in [5.41, 5.74) is 1.45. The van der Waals surface area contributed by atoms with Crippen molar-refractivity contribution in [3.05, 3.63) is 41.1 Å². The van der Waals surface area contributed by atoms with Crippen LogP contribution in [0.3, 0.4) is 0 Å². The largest absolute Gasteiger partial charge is 0.417 e. The van der Waals surface area contributed by atoms with Gasteiger partial charge in [-0.25, -0.2) is 0 Å². The van der Waals surface area contributed by atoms with Gasteiger partial charge in [0.2, 0.25) is 0 Å². The molecule has 0 saturated heterocycles. The maximum absolute atomic E-state index is 13.0. The fourth-order valence-corrected chi connectivity index (χ4v) is 2.35. The quantitative estimate of drug-likeness (QED) is 0.664. The lowest BCUT2D eigenvalue weighted by Crippen LogP contribution is -2.14. The normalized spacial score (nSPS) is 13.0. The van der Waals surface area contributed by atoms with Crippen molar-refractivity contribution in [3.63, 3.8) is 0 Å². The average Bonchev–Trinajstić information content (AvgIpc) is 2.24. The molecule has 4 heteroatoms. The van der Waals surface area contributed by atoms with Gasteiger partial charge in [0.15, 0.2) is 0 Å². The second kappa shape index (κ2) is 4.22. The van der Waals surface area contributed by atoms with E-state index in [0.29, 0.717) is 5.52 Å². The number of aromatic nitrogens is 1. The van der Waals surface area contributed by atoms with Gasteiger partial charge in [-0.15, -0.1) is 0 Å². The van der Waals surface area contributed by atoms with Gasteiger partial charge >= 0.3 is 6.18 Å². The van der Waals surface area contributed by atoms with Crippen molar-refractivity contribution in [2.75, 3.05) is 0 Å². The Morgan fingerprint density at radius 1 is 1.00 bits per heavy atom. The zero-order valence-electron chi connectivity index (χ0n) is 11.4. The van der Waals surface area contributed by atoms with Crippen molar-refractivity contribution in [2.45, 2.75) is 39.3 Å². The molecule has 0 radical (unpaired) electrons. The number of benzene rings is 1. The summed E-state index contributed by atoms with van der Waals surface area (Å²) in [6.07, 6.45) is -3.15. The number of hydrogen-bond acceptors (Lipinski definition) is 1. The van der Waals surface area contributed by atoms with E-state index in [4.69, 9.17) is 0 Å². The van der Waals surface area contributed by atoms with Gasteiger partial charge < -0.3 is 0 Å². The molecule has 0 fully saturated rings. The van der Waals surface area contributed by atoms with Gasteiger partial charge in [0.1, 0.15) is 0 Å². The number of nitrogens with zero attached hydrogens (tertiary/aromatic N) is 1. The number of alkyl halides is 3. The molecule has 0 spiro atoms. The molecule has 1 aromatic heterocycles. The summed E-state index contributed by atoms with van der Waals surface area (Å²) < 4.78 is 39.1. The van der Waals surface area contributed by atoms with Crippen LogP contribution in [0.15, 0.2) is 24.4 Å². The zero-order valence-corrected chi connectivity index (χ0v) is 11.4. The Kier molecular flexibility index (Phi) is 3.07. The van der Waals surface area contributed by atoms with Gasteiger partial charge in [-0.3, -0.25) is 4.98 Å². The van der Waals surface area contributed by atoms with Crippen LogP contribution < -0.4 is 0 Å². The molecular formula is C15H16F3N. The van der Waals surface area contributed by atoms with E-state index in [-0.39, 0.29) is 10.8 Å². The van der Waals surface area contributed by atoms with Crippen molar-refractivity contribution >= 4 is 10.9 Å². The molecule has 0 N–H and O–H groups in total. The lowest BCUT2D eigenvalue weighted by atomic mass is 9.83. The van der Waals surface area contributed by atoms with E-state index in [1.54, 1.807) is 12.1 Å². The molecule has 0 amide bonds. The Balaban J connectivity index is 2.83. The SMILES string of the molecule is Cc1cc2nccc(C(F)(F)F)c2cc1C(C)(C)C. The Morgan fingerprint density at radius 2 is 1.63 bits per heavy atom. The summed E-state index contributed by atoms with van der Waals surface area (Å²) in [4.78, 5) is 4.04. The van der Waals surface area contributed by atoms with Crippen molar-refractivity contribution in [1.82, 2.24) is 4.98 Å². The van der Waals surface area contributed by atoms with Gasteiger partial charge in [-0.1, -0.05) is 20.8 Å². The Bertz CT molecular complexity index is 622. The van der Waals surface area contributed by atoms with Crippen LogP contribution in [0.2, 0.25) is 0 Å². The summed E-state index contributed by atoms with van der Waals surface area (Å²) in [6, 6.07) is 4.38. The van der Waals surface area contributed by atoms with E-state index >= 15 is 0 Å². The predicted molar refractivity (Wildman–Crippen MR) is 70.2 cm³/mol. The molecular weight excluding hydrogens is 251 g/mol. The third-order valence-electron chi connectivity index (χ3n) is 3.20. The molecule has 0 atom stereocenters. The van der Waals surface area contributed by atoms with Gasteiger partial charge in [-0.2, -0.15) is 13.2 Å². The van der Waals surface area contributed by atoms with Crippen molar-refractivity contribution < 1.29 is 13.2 Å². The van der Waals surface area contributed by atoms with E-state index < -0.39 is 11.7 Å². The van der Waals surface area contributed by atoms with Crippen LogP contribution >= 0.6 is 0 Å². The van der Waals surface area contributed by atoms with E-state index in [2.05, 4.69) is 4.98 Å². The minimum Gasteiger partial charge on any atom is -0.256 e. The van der Waals surface area contributed by atoms with E-state index in [1.165, 1.54) is 6.20 Å². The molecule has 0 bridgehead atoms. The van der Waals surface area contributed by atoms with E-state index in [9.17, 15) is 13.2 Å². The monoisotopic (exact) mass is 267 g/mol. The second-order valence-electron chi connectivity index (χ2n) is 5.79. The lowest BCUT2D eigenvalue weighted by molar-refractivity contribution is -0.136. The smallest absolute Gasteiger partial charge is 0.256 e. The first kappa shape index (κ1) is 13.8. The summed E-state index contributed by atoms with van der Waals surface area (Å²) >= 11 is 0. The van der Waals surface area contributed by atoms with Gasteiger partial charge in [0, 0.05) is 11.6 Å². The molecule has 102 valence electrons. The topological polar surface area (TPSA) is 12.9 Å². The summed E-state index contributed by atoms with van der Waals surface area (Å²) in [5, 5.41) is 0.172. The minimum atomic E-state index is -4.36. The fraction of sp³-hybridized carbons (Fsp3) is 0.400. The zero-order chi connectivity index (χ0) is 14.4. The second-order valence-corrected chi connectivity index (χ2v) is 5.79. The maximum Gasteiger partial charge on any atom is 0.417 e. The Labute approximate surface area is 110 Å². The molecule has 0 aliphatic rings. The number of pyridine rings is 1. The lowest BCUT2D eigenvalue weighted by Gasteiger charge is -2.23. The number of halogens is 3. The summed E-state index contributed by atoms with van der Waals surface area (Å²) in [7, 11) is 0. The van der Waals surface area contributed by atoms with E-state index in [1.807, 2.05) is 27.7 Å². The number of hydrogen-bond donors (Lipinski definition) is 0. The Hall–Kier alpha value is -1.58. The number of aryl methyl sites for hydroxylation is 1. The van der Waals surface area contributed by atoms with Crippen LogP contribution in [0, 0.1) is 6.92 Å². The molecule has 2 rings (SSSR count). The fourth-order valence-electron chi connectivity index (χ4n) is 2.35. The average molecular weight is 267 g/mol. The molecule has 1 nitrogen and oxygen atoms in total. The highest BCUT2D eigenvalue weighted by atomic mass is 19.4. The molecule has 1 heterocycles. The third-order valence-corrected chi connectivity index (χ3v) is 3.20. The molecule has 0 saturated carbocycles. The van der Waals surface area contributed by atoms with Crippen LogP contribution in [0.1, 0.15) is 37.5 Å². The van der Waals surface area contributed by atoms with Crippen molar-refractivity contribution in [1.29, 1.82) is 0 Å². The molecule has 0 unspecified atom stereocenters. The van der Waals surface area contributed by atoms with Gasteiger partial charge in [0.05, 0.1) is 11.1 Å². The van der Waals surface area contributed by atoms with Gasteiger partial charge in [-0.05, 0) is 41.7 Å². The van der Waals surface area contributed by atoms with Crippen LogP contribution in [0.5, 0.6) is 0 Å². The van der Waals surface area contributed by atoms with Crippen molar-refractivity contribution in [3.8, 4) is 0 Å². The van der Waals surface area contributed by atoms with Crippen LogP contribution in [0.4, 0.5) is 13.2 Å².